The molecule has 0 spiro atoms. The molecule has 0 bridgehead atoms. The van der Waals surface area contributed by atoms with Gasteiger partial charge in [0.25, 0.3) is 0 Å². The first-order chi connectivity index (χ1) is 6.97. The molecule has 3 heteroatoms. The minimum atomic E-state index is 0.0288. The number of hydrogen-bond donors (Lipinski definition) is 2. The van der Waals surface area contributed by atoms with Crippen LogP contribution in [0.25, 0.3) is 0 Å². The van der Waals surface area contributed by atoms with Gasteiger partial charge in [0.1, 0.15) is 0 Å². The molecular weight excluding hydrogens is 190 g/mol. The monoisotopic (exact) mass is 209 g/mol. The average molecular weight is 209 g/mol. The van der Waals surface area contributed by atoms with Gasteiger partial charge in [-0.3, -0.25) is 0 Å². The summed E-state index contributed by atoms with van der Waals surface area (Å²) >= 11 is 0. The van der Waals surface area contributed by atoms with Crippen LogP contribution in [0, 0.1) is 13.8 Å². The molecule has 0 saturated heterocycles. The van der Waals surface area contributed by atoms with Crippen molar-refractivity contribution in [1.82, 2.24) is 0 Å². The van der Waals surface area contributed by atoms with E-state index in [0.29, 0.717) is 12.2 Å². The summed E-state index contributed by atoms with van der Waals surface area (Å²) in [4.78, 5) is 0. The molecule has 0 amide bonds. The maximum Gasteiger partial charge on any atom is 0.161 e. The fourth-order valence-electron chi connectivity index (χ4n) is 1.66. The Balaban J connectivity index is 3.27. The van der Waals surface area contributed by atoms with Crippen LogP contribution in [0.5, 0.6) is 11.5 Å². The standard InChI is InChI=1S/C12H19NO2/c1-7-5-11(15-4)12(14)10(9(7)3)6-8(2)13/h5,8,14H,6,13H2,1-4H3. The second-order valence-corrected chi connectivity index (χ2v) is 4.03. The number of hydrogen-bond acceptors (Lipinski definition) is 3. The molecule has 1 atom stereocenters. The average Bonchev–Trinajstić information content (AvgIpc) is 2.18. The molecule has 1 unspecified atom stereocenters. The van der Waals surface area contributed by atoms with Crippen LogP contribution in [0.15, 0.2) is 6.07 Å². The molecule has 1 aromatic carbocycles. The highest BCUT2D eigenvalue weighted by molar-refractivity contribution is 5.53. The van der Waals surface area contributed by atoms with Gasteiger partial charge in [-0.15, -0.1) is 0 Å². The number of phenols is 1. The van der Waals surface area contributed by atoms with E-state index in [1.54, 1.807) is 7.11 Å². The lowest BCUT2D eigenvalue weighted by Gasteiger charge is -2.16. The predicted molar refractivity (Wildman–Crippen MR) is 61.5 cm³/mol. The van der Waals surface area contributed by atoms with Crippen LogP contribution < -0.4 is 10.5 Å². The molecule has 1 aromatic rings. The first-order valence-electron chi connectivity index (χ1n) is 5.09. The molecule has 3 nitrogen and oxygen atoms in total. The van der Waals surface area contributed by atoms with Gasteiger partial charge in [0.05, 0.1) is 7.11 Å². The van der Waals surface area contributed by atoms with Gasteiger partial charge < -0.3 is 15.6 Å². The Hall–Kier alpha value is -1.22. The number of aromatic hydroxyl groups is 1. The van der Waals surface area contributed by atoms with Gasteiger partial charge in [0.2, 0.25) is 0 Å². The van der Waals surface area contributed by atoms with E-state index < -0.39 is 0 Å². The summed E-state index contributed by atoms with van der Waals surface area (Å²) in [6.07, 6.45) is 0.662. The zero-order valence-corrected chi connectivity index (χ0v) is 9.79. The normalized spacial score (nSPS) is 12.6. The van der Waals surface area contributed by atoms with Crippen molar-refractivity contribution < 1.29 is 9.84 Å². The highest BCUT2D eigenvalue weighted by atomic mass is 16.5. The van der Waals surface area contributed by atoms with Gasteiger partial charge in [0, 0.05) is 11.6 Å². The smallest absolute Gasteiger partial charge is 0.161 e. The van der Waals surface area contributed by atoms with Crippen LogP contribution in [-0.4, -0.2) is 18.3 Å². The Labute approximate surface area is 90.9 Å². The summed E-state index contributed by atoms with van der Waals surface area (Å²) in [7, 11) is 1.56. The van der Waals surface area contributed by atoms with Crippen molar-refractivity contribution in [3.63, 3.8) is 0 Å². The van der Waals surface area contributed by atoms with E-state index in [1.807, 2.05) is 26.8 Å². The Morgan fingerprint density at radius 3 is 2.53 bits per heavy atom. The van der Waals surface area contributed by atoms with Crippen LogP contribution in [0.4, 0.5) is 0 Å². The first kappa shape index (κ1) is 11.9. The van der Waals surface area contributed by atoms with Crippen LogP contribution >= 0.6 is 0 Å². The highest BCUT2D eigenvalue weighted by Crippen LogP contribution is 2.34. The number of methoxy groups -OCH3 is 1. The molecule has 0 aliphatic carbocycles. The number of nitrogens with two attached hydrogens (primary N) is 1. The van der Waals surface area contributed by atoms with Crippen molar-refractivity contribution >= 4 is 0 Å². The zero-order chi connectivity index (χ0) is 11.6. The molecule has 0 aliphatic rings. The SMILES string of the molecule is COc1cc(C)c(C)c(CC(C)N)c1O. The molecule has 0 radical (unpaired) electrons. The fraction of sp³-hybridized carbons (Fsp3) is 0.500. The molecule has 0 saturated carbocycles. The van der Waals surface area contributed by atoms with Crippen LogP contribution in [0.2, 0.25) is 0 Å². The quantitative estimate of drug-likeness (QED) is 0.799. The van der Waals surface area contributed by atoms with Gasteiger partial charge in [-0.25, -0.2) is 0 Å². The minimum absolute atomic E-state index is 0.0288. The summed E-state index contributed by atoms with van der Waals surface area (Å²) in [5.74, 6) is 0.742. The third-order valence-electron chi connectivity index (χ3n) is 2.66. The summed E-state index contributed by atoms with van der Waals surface area (Å²) in [5, 5.41) is 9.96. The van der Waals surface area contributed by atoms with Crippen LogP contribution in [0.3, 0.4) is 0 Å². The van der Waals surface area contributed by atoms with E-state index in [1.165, 1.54) is 0 Å². The van der Waals surface area contributed by atoms with E-state index >= 15 is 0 Å². The van der Waals surface area contributed by atoms with Crippen molar-refractivity contribution in [3.8, 4) is 11.5 Å². The van der Waals surface area contributed by atoms with Gasteiger partial charge in [-0.1, -0.05) is 0 Å². The van der Waals surface area contributed by atoms with Crippen LogP contribution in [-0.2, 0) is 6.42 Å². The number of ether oxygens (including phenoxy) is 1. The number of phenolic OH excluding ortho intramolecular Hbond substituents is 1. The Morgan fingerprint density at radius 1 is 1.47 bits per heavy atom. The molecule has 1 rings (SSSR count). The topological polar surface area (TPSA) is 55.5 Å². The second-order valence-electron chi connectivity index (χ2n) is 4.03. The van der Waals surface area contributed by atoms with Crippen molar-refractivity contribution in [3.05, 3.63) is 22.8 Å². The Bertz CT molecular complexity index is 359. The summed E-state index contributed by atoms with van der Waals surface area (Å²) in [5.41, 5.74) is 8.84. The third-order valence-corrected chi connectivity index (χ3v) is 2.66. The van der Waals surface area contributed by atoms with Gasteiger partial charge >= 0.3 is 0 Å². The van der Waals surface area contributed by atoms with E-state index in [0.717, 1.165) is 16.7 Å². The fourth-order valence-corrected chi connectivity index (χ4v) is 1.66. The van der Waals surface area contributed by atoms with Gasteiger partial charge in [-0.05, 0) is 44.4 Å². The van der Waals surface area contributed by atoms with Crippen LogP contribution in [0.1, 0.15) is 23.6 Å². The second kappa shape index (κ2) is 4.53. The third kappa shape index (κ3) is 2.42. The Morgan fingerprint density at radius 2 is 2.07 bits per heavy atom. The Kier molecular flexibility index (Phi) is 3.58. The van der Waals surface area contributed by atoms with Crippen molar-refractivity contribution in [2.45, 2.75) is 33.2 Å². The molecule has 84 valence electrons. The number of benzene rings is 1. The summed E-state index contributed by atoms with van der Waals surface area (Å²) < 4.78 is 5.11. The first-order valence-corrected chi connectivity index (χ1v) is 5.09. The molecule has 3 N–H and O–H groups in total. The lowest BCUT2D eigenvalue weighted by Crippen LogP contribution is -2.18. The van der Waals surface area contributed by atoms with E-state index in [4.69, 9.17) is 10.5 Å². The predicted octanol–water partition coefficient (Wildman–Crippen LogP) is 1.91. The lowest BCUT2D eigenvalue weighted by molar-refractivity contribution is 0.369. The molecule has 0 aromatic heterocycles. The van der Waals surface area contributed by atoms with Crippen molar-refractivity contribution in [2.75, 3.05) is 7.11 Å². The lowest BCUT2D eigenvalue weighted by atomic mass is 9.96. The highest BCUT2D eigenvalue weighted by Gasteiger charge is 2.14. The van der Waals surface area contributed by atoms with E-state index in [2.05, 4.69) is 0 Å². The van der Waals surface area contributed by atoms with E-state index in [9.17, 15) is 5.11 Å². The largest absolute Gasteiger partial charge is 0.504 e. The molecule has 15 heavy (non-hydrogen) atoms. The number of aryl methyl sites for hydroxylation is 1. The molecule has 0 fully saturated rings. The zero-order valence-electron chi connectivity index (χ0n) is 9.79. The number of rotatable bonds is 3. The van der Waals surface area contributed by atoms with Gasteiger partial charge in [0.15, 0.2) is 11.5 Å². The minimum Gasteiger partial charge on any atom is -0.504 e. The summed E-state index contributed by atoms with van der Waals surface area (Å²) in [6, 6.07) is 1.87. The maximum atomic E-state index is 9.96. The molecular formula is C12H19NO2. The van der Waals surface area contributed by atoms with Gasteiger partial charge in [-0.2, -0.15) is 0 Å². The van der Waals surface area contributed by atoms with Crippen molar-refractivity contribution in [2.24, 2.45) is 5.73 Å². The molecule has 0 heterocycles. The maximum absolute atomic E-state index is 9.96. The molecule has 0 aliphatic heterocycles. The van der Waals surface area contributed by atoms with E-state index in [-0.39, 0.29) is 11.8 Å². The summed E-state index contributed by atoms with van der Waals surface area (Å²) in [6.45, 7) is 5.92. The van der Waals surface area contributed by atoms with Crippen molar-refractivity contribution in [1.29, 1.82) is 0 Å².